The molecule has 0 unspecified atom stereocenters. The SMILES string of the molecule is CCN(CC)CCOCCCO. The van der Waals surface area contributed by atoms with Crippen molar-refractivity contribution < 1.29 is 9.84 Å². The molecule has 0 heterocycles. The lowest BCUT2D eigenvalue weighted by atomic mass is 10.5. The molecule has 1 N–H and O–H groups in total. The summed E-state index contributed by atoms with van der Waals surface area (Å²) in [6.45, 7) is 9.15. The second-order valence-corrected chi connectivity index (χ2v) is 2.72. The summed E-state index contributed by atoms with van der Waals surface area (Å²) in [5.41, 5.74) is 0. The van der Waals surface area contributed by atoms with E-state index in [-0.39, 0.29) is 6.61 Å². The van der Waals surface area contributed by atoms with Crippen molar-refractivity contribution in [2.24, 2.45) is 0 Å². The summed E-state index contributed by atoms with van der Waals surface area (Å²) < 4.78 is 5.31. The highest BCUT2D eigenvalue weighted by Gasteiger charge is 1.97. The number of hydrogen-bond donors (Lipinski definition) is 1. The Morgan fingerprint density at radius 2 is 1.83 bits per heavy atom. The quantitative estimate of drug-likeness (QED) is 0.552. The van der Waals surface area contributed by atoms with Gasteiger partial charge in [0.05, 0.1) is 6.61 Å². The van der Waals surface area contributed by atoms with E-state index in [1.807, 2.05) is 0 Å². The Hall–Kier alpha value is -0.120. The Morgan fingerprint density at radius 1 is 1.17 bits per heavy atom. The van der Waals surface area contributed by atoms with Crippen molar-refractivity contribution in [2.45, 2.75) is 20.3 Å². The van der Waals surface area contributed by atoms with Crippen LogP contribution < -0.4 is 0 Å². The molecule has 0 atom stereocenters. The topological polar surface area (TPSA) is 32.7 Å². The molecule has 74 valence electrons. The highest BCUT2D eigenvalue weighted by atomic mass is 16.5. The van der Waals surface area contributed by atoms with Gasteiger partial charge in [0.2, 0.25) is 0 Å². The summed E-state index contributed by atoms with van der Waals surface area (Å²) in [5.74, 6) is 0. The van der Waals surface area contributed by atoms with Gasteiger partial charge in [0.25, 0.3) is 0 Å². The maximum Gasteiger partial charge on any atom is 0.0593 e. The van der Waals surface area contributed by atoms with Crippen molar-refractivity contribution in [2.75, 3.05) is 39.5 Å². The lowest BCUT2D eigenvalue weighted by Gasteiger charge is -2.17. The molecule has 0 aliphatic rings. The summed E-state index contributed by atoms with van der Waals surface area (Å²) in [6.07, 6.45) is 0.748. The van der Waals surface area contributed by atoms with Crippen LogP contribution in [0.1, 0.15) is 20.3 Å². The molecule has 0 aromatic heterocycles. The summed E-state index contributed by atoms with van der Waals surface area (Å²) in [6, 6.07) is 0. The van der Waals surface area contributed by atoms with Crippen LogP contribution in [0.25, 0.3) is 0 Å². The predicted octanol–water partition coefficient (Wildman–Crippen LogP) is 0.727. The van der Waals surface area contributed by atoms with Gasteiger partial charge in [-0.2, -0.15) is 0 Å². The van der Waals surface area contributed by atoms with Crippen molar-refractivity contribution >= 4 is 0 Å². The lowest BCUT2D eigenvalue weighted by Crippen LogP contribution is -2.27. The third-order valence-electron chi connectivity index (χ3n) is 1.89. The Kier molecular flexibility index (Phi) is 8.88. The van der Waals surface area contributed by atoms with Crippen molar-refractivity contribution in [1.82, 2.24) is 4.90 Å². The van der Waals surface area contributed by atoms with Gasteiger partial charge in [-0.1, -0.05) is 13.8 Å². The van der Waals surface area contributed by atoms with Crippen LogP contribution >= 0.6 is 0 Å². The minimum atomic E-state index is 0.227. The fraction of sp³-hybridized carbons (Fsp3) is 1.00. The van der Waals surface area contributed by atoms with E-state index >= 15 is 0 Å². The minimum Gasteiger partial charge on any atom is -0.396 e. The fourth-order valence-electron chi connectivity index (χ4n) is 1.00. The molecule has 0 aromatic rings. The van der Waals surface area contributed by atoms with E-state index in [9.17, 15) is 0 Å². The lowest BCUT2D eigenvalue weighted by molar-refractivity contribution is 0.0944. The first-order valence-corrected chi connectivity index (χ1v) is 4.76. The van der Waals surface area contributed by atoms with E-state index in [0.717, 1.165) is 32.7 Å². The predicted molar refractivity (Wildman–Crippen MR) is 50.3 cm³/mol. The van der Waals surface area contributed by atoms with Crippen molar-refractivity contribution in [1.29, 1.82) is 0 Å². The summed E-state index contributed by atoms with van der Waals surface area (Å²) in [4.78, 5) is 2.32. The minimum absolute atomic E-state index is 0.227. The van der Waals surface area contributed by atoms with Gasteiger partial charge >= 0.3 is 0 Å². The standard InChI is InChI=1S/C9H21NO2/c1-3-10(4-2)6-9-12-8-5-7-11/h11H,3-9H2,1-2H3. The molecule has 0 spiro atoms. The zero-order chi connectivity index (χ0) is 9.23. The molecule has 0 aliphatic carbocycles. The zero-order valence-corrected chi connectivity index (χ0v) is 8.25. The molecular formula is C9H21NO2. The Balaban J connectivity index is 3.06. The Bertz CT molecular complexity index is 84.6. The van der Waals surface area contributed by atoms with Gasteiger partial charge < -0.3 is 14.7 Å². The van der Waals surface area contributed by atoms with E-state index in [2.05, 4.69) is 18.7 Å². The summed E-state index contributed by atoms with van der Waals surface area (Å²) in [7, 11) is 0. The third kappa shape index (κ3) is 6.58. The van der Waals surface area contributed by atoms with E-state index in [0.29, 0.717) is 6.61 Å². The number of aliphatic hydroxyl groups is 1. The molecule has 0 bridgehead atoms. The highest BCUT2D eigenvalue weighted by molar-refractivity contribution is 4.49. The maximum atomic E-state index is 8.48. The number of ether oxygens (including phenoxy) is 1. The molecule has 0 saturated heterocycles. The van der Waals surface area contributed by atoms with Crippen molar-refractivity contribution in [3.05, 3.63) is 0 Å². The van der Waals surface area contributed by atoms with Crippen molar-refractivity contribution in [3.63, 3.8) is 0 Å². The average molecular weight is 175 g/mol. The van der Waals surface area contributed by atoms with Crippen LogP contribution in [0.3, 0.4) is 0 Å². The normalized spacial score (nSPS) is 11.0. The average Bonchev–Trinajstić information content (AvgIpc) is 2.11. The van der Waals surface area contributed by atoms with Gasteiger partial charge in [-0.25, -0.2) is 0 Å². The van der Waals surface area contributed by atoms with Crippen LogP contribution in [0, 0.1) is 0 Å². The van der Waals surface area contributed by atoms with Crippen LogP contribution in [0.5, 0.6) is 0 Å². The molecule has 0 aliphatic heterocycles. The second-order valence-electron chi connectivity index (χ2n) is 2.72. The molecule has 3 nitrogen and oxygen atoms in total. The van der Waals surface area contributed by atoms with Crippen LogP contribution in [0.15, 0.2) is 0 Å². The van der Waals surface area contributed by atoms with E-state index < -0.39 is 0 Å². The number of hydrogen-bond acceptors (Lipinski definition) is 3. The highest BCUT2D eigenvalue weighted by Crippen LogP contribution is 1.87. The first-order chi connectivity index (χ1) is 5.85. The zero-order valence-electron chi connectivity index (χ0n) is 8.25. The second kappa shape index (κ2) is 8.97. The molecular weight excluding hydrogens is 154 g/mol. The van der Waals surface area contributed by atoms with E-state index in [1.165, 1.54) is 0 Å². The molecule has 0 amide bonds. The third-order valence-corrected chi connectivity index (χ3v) is 1.89. The molecule has 0 aromatic carbocycles. The van der Waals surface area contributed by atoms with Gasteiger partial charge in [0.1, 0.15) is 0 Å². The number of rotatable bonds is 8. The van der Waals surface area contributed by atoms with Crippen LogP contribution in [0.2, 0.25) is 0 Å². The summed E-state index contributed by atoms with van der Waals surface area (Å²) >= 11 is 0. The Morgan fingerprint density at radius 3 is 2.33 bits per heavy atom. The maximum absolute atomic E-state index is 8.48. The molecule has 12 heavy (non-hydrogen) atoms. The number of likely N-dealkylation sites (N-methyl/N-ethyl adjacent to an activating group) is 1. The molecule has 3 heteroatoms. The van der Waals surface area contributed by atoms with Gasteiger partial charge in [-0.15, -0.1) is 0 Å². The monoisotopic (exact) mass is 175 g/mol. The largest absolute Gasteiger partial charge is 0.396 e. The van der Waals surface area contributed by atoms with Crippen LogP contribution in [0.4, 0.5) is 0 Å². The van der Waals surface area contributed by atoms with Gasteiger partial charge in [-0.3, -0.25) is 0 Å². The first kappa shape index (κ1) is 11.9. The van der Waals surface area contributed by atoms with Gasteiger partial charge in [0.15, 0.2) is 0 Å². The molecule has 0 fully saturated rings. The van der Waals surface area contributed by atoms with Crippen molar-refractivity contribution in [3.8, 4) is 0 Å². The molecule has 0 saturated carbocycles. The summed E-state index contributed by atoms with van der Waals surface area (Å²) in [5, 5.41) is 8.48. The van der Waals surface area contributed by atoms with E-state index in [1.54, 1.807) is 0 Å². The van der Waals surface area contributed by atoms with Crippen LogP contribution in [-0.2, 0) is 4.74 Å². The van der Waals surface area contributed by atoms with E-state index in [4.69, 9.17) is 9.84 Å². The first-order valence-electron chi connectivity index (χ1n) is 4.76. The van der Waals surface area contributed by atoms with Crippen LogP contribution in [-0.4, -0.2) is 49.5 Å². The Labute approximate surface area is 75.3 Å². The number of aliphatic hydroxyl groups excluding tert-OH is 1. The fourth-order valence-corrected chi connectivity index (χ4v) is 1.00. The molecule has 0 radical (unpaired) electrons. The van der Waals surface area contributed by atoms with Gasteiger partial charge in [-0.05, 0) is 19.5 Å². The molecule has 0 rings (SSSR count). The number of nitrogens with zero attached hydrogens (tertiary/aromatic N) is 1. The smallest absolute Gasteiger partial charge is 0.0593 e. The van der Waals surface area contributed by atoms with Gasteiger partial charge in [0, 0.05) is 19.8 Å².